The van der Waals surface area contributed by atoms with Gasteiger partial charge in [0.05, 0.1) is 12.1 Å². The average Bonchev–Trinajstić information content (AvgIpc) is 2.75. The summed E-state index contributed by atoms with van der Waals surface area (Å²) in [6, 6.07) is 2.00. The Balaban J connectivity index is 0.00000108. The lowest BCUT2D eigenvalue weighted by Gasteiger charge is -2.15. The van der Waals surface area contributed by atoms with Gasteiger partial charge in [0, 0.05) is 18.7 Å². The summed E-state index contributed by atoms with van der Waals surface area (Å²) in [5, 5.41) is 26.4. The van der Waals surface area contributed by atoms with Crippen LogP contribution in [-0.4, -0.2) is 38.6 Å². The Morgan fingerprint density at radius 2 is 2.35 bits per heavy atom. The maximum absolute atomic E-state index is 9.93. The number of halogens is 1. The molecule has 1 aromatic rings. The zero-order valence-electron chi connectivity index (χ0n) is 8.98. The van der Waals surface area contributed by atoms with Crippen molar-refractivity contribution < 1.29 is 14.9 Å². The Morgan fingerprint density at radius 3 is 3.06 bits per heavy atom. The number of aliphatic hydroxyl groups is 2. The number of aromatic nitrogens is 2. The average molecular weight is 260 g/mol. The van der Waals surface area contributed by atoms with Crippen LogP contribution in [0.3, 0.4) is 0 Å². The van der Waals surface area contributed by atoms with Gasteiger partial charge in [0.2, 0.25) is 0 Å². The molecule has 1 aromatic heterocycles. The van der Waals surface area contributed by atoms with Crippen LogP contribution in [0.2, 0.25) is 0 Å². The Labute approximate surface area is 104 Å². The molecule has 0 aromatic carbocycles. The minimum atomic E-state index is -0.661. The summed E-state index contributed by atoms with van der Waals surface area (Å²) in [6.45, 7) is -0.0304. The molecule has 0 saturated heterocycles. The summed E-state index contributed by atoms with van der Waals surface area (Å²) >= 11 is 0. The van der Waals surface area contributed by atoms with E-state index in [9.17, 15) is 5.11 Å². The highest BCUT2D eigenvalue weighted by Gasteiger charge is 2.49. The van der Waals surface area contributed by atoms with E-state index in [2.05, 4.69) is 4.98 Å². The number of nitrogens with zero attached hydrogens (tertiary/aromatic N) is 2. The van der Waals surface area contributed by atoms with Crippen molar-refractivity contribution in [3.8, 4) is 6.01 Å². The van der Waals surface area contributed by atoms with Crippen LogP contribution in [-0.2, 0) is 0 Å². The van der Waals surface area contributed by atoms with E-state index in [1.807, 2.05) is 4.57 Å². The number of hydrogen-bond donors (Lipinski definition) is 3. The van der Waals surface area contributed by atoms with Crippen molar-refractivity contribution in [3.63, 3.8) is 0 Å². The highest BCUT2D eigenvalue weighted by Crippen LogP contribution is 2.42. The molecule has 2 aliphatic rings. The van der Waals surface area contributed by atoms with Crippen molar-refractivity contribution in [1.82, 2.24) is 9.55 Å². The lowest BCUT2D eigenvalue weighted by Crippen LogP contribution is -2.31. The second-order valence-electron chi connectivity index (χ2n) is 4.32. The lowest BCUT2D eigenvalue weighted by atomic mass is 10.1. The van der Waals surface area contributed by atoms with Crippen molar-refractivity contribution >= 4 is 12.4 Å². The quantitative estimate of drug-likeness (QED) is 0.632. The Hall–Kier alpha value is -1.11. The molecule has 7 heteroatoms. The Kier molecular flexibility index (Phi) is 3.11. The molecule has 4 atom stereocenters. The second-order valence-corrected chi connectivity index (χ2v) is 4.32. The molecule has 2 heterocycles. The first-order chi connectivity index (χ1) is 7.70. The summed E-state index contributed by atoms with van der Waals surface area (Å²) < 4.78 is 7.36. The molecule has 0 amide bonds. The molecule has 3 rings (SSSR count). The first kappa shape index (κ1) is 12.3. The predicted octanol–water partition coefficient (Wildman–Crippen LogP) is -0.540. The number of hydrogen-bond acceptors (Lipinski definition) is 5. The normalized spacial score (nSPS) is 33.5. The first-order valence-electron chi connectivity index (χ1n) is 5.30. The van der Waals surface area contributed by atoms with Gasteiger partial charge in [-0.05, 0) is 12.5 Å². The van der Waals surface area contributed by atoms with E-state index in [0.29, 0.717) is 12.4 Å². The molecule has 3 N–H and O–H groups in total. The van der Waals surface area contributed by atoms with Crippen molar-refractivity contribution in [1.29, 1.82) is 5.41 Å². The lowest BCUT2D eigenvalue weighted by molar-refractivity contribution is 0.0210. The molecule has 4 unspecified atom stereocenters. The van der Waals surface area contributed by atoms with Crippen LogP contribution in [0.25, 0.3) is 0 Å². The van der Waals surface area contributed by atoms with Gasteiger partial charge in [-0.25, -0.2) is 0 Å². The Morgan fingerprint density at radius 1 is 1.59 bits per heavy atom. The SMILES string of the molecule is Cl.N=c1ccn2c(n1)OC1C(O)C(CO)CC12. The van der Waals surface area contributed by atoms with Crippen LogP contribution in [0.4, 0.5) is 0 Å². The molecule has 1 aliphatic heterocycles. The van der Waals surface area contributed by atoms with Crippen LogP contribution in [0.15, 0.2) is 12.3 Å². The van der Waals surface area contributed by atoms with Crippen LogP contribution in [0.5, 0.6) is 6.01 Å². The van der Waals surface area contributed by atoms with E-state index in [-0.39, 0.29) is 42.6 Å². The van der Waals surface area contributed by atoms with Gasteiger partial charge in [-0.3, -0.25) is 9.98 Å². The van der Waals surface area contributed by atoms with E-state index in [0.717, 1.165) is 0 Å². The molecule has 1 saturated carbocycles. The molecule has 6 nitrogen and oxygen atoms in total. The summed E-state index contributed by atoms with van der Waals surface area (Å²) in [7, 11) is 0. The zero-order chi connectivity index (χ0) is 11.3. The first-order valence-corrected chi connectivity index (χ1v) is 5.30. The van der Waals surface area contributed by atoms with Crippen LogP contribution in [0, 0.1) is 11.3 Å². The standard InChI is InChI=1S/C10H13N3O3.ClH/c11-7-1-2-13-6-3-5(4-14)8(15)9(6)16-10(13)12-7;/h1-2,5-6,8-9,11,14-15H,3-4H2;1H. The molecular weight excluding hydrogens is 246 g/mol. The molecule has 0 radical (unpaired) electrons. The van der Waals surface area contributed by atoms with Crippen LogP contribution >= 0.6 is 12.4 Å². The third-order valence-corrected chi connectivity index (χ3v) is 3.41. The molecular formula is C10H14ClN3O3. The minimum absolute atomic E-state index is 0. The van der Waals surface area contributed by atoms with Crippen LogP contribution < -0.4 is 10.2 Å². The third kappa shape index (κ3) is 1.72. The van der Waals surface area contributed by atoms with Gasteiger partial charge in [-0.2, -0.15) is 4.98 Å². The molecule has 0 bridgehead atoms. The minimum Gasteiger partial charge on any atom is -0.456 e. The number of rotatable bonds is 1. The van der Waals surface area contributed by atoms with Gasteiger partial charge in [-0.15, -0.1) is 12.4 Å². The third-order valence-electron chi connectivity index (χ3n) is 3.41. The van der Waals surface area contributed by atoms with Gasteiger partial charge < -0.3 is 14.9 Å². The van der Waals surface area contributed by atoms with E-state index in [1.165, 1.54) is 0 Å². The number of fused-ring (bicyclic) bond motifs is 3. The molecule has 1 fully saturated rings. The summed E-state index contributed by atoms with van der Waals surface area (Å²) in [5.41, 5.74) is 0.152. The smallest absolute Gasteiger partial charge is 0.299 e. The fourth-order valence-electron chi connectivity index (χ4n) is 2.56. The maximum atomic E-state index is 9.93. The number of aliphatic hydroxyl groups excluding tert-OH is 2. The van der Waals surface area contributed by atoms with Crippen molar-refractivity contribution in [2.45, 2.75) is 24.7 Å². The number of nitrogens with one attached hydrogen (secondary N) is 1. The maximum Gasteiger partial charge on any atom is 0.299 e. The monoisotopic (exact) mass is 259 g/mol. The topological polar surface area (TPSA) is 91.4 Å². The highest BCUT2D eigenvalue weighted by molar-refractivity contribution is 5.85. The summed E-state index contributed by atoms with van der Waals surface area (Å²) in [4.78, 5) is 3.96. The second kappa shape index (κ2) is 4.29. The Bertz CT molecular complexity index is 478. The molecule has 1 aliphatic carbocycles. The summed E-state index contributed by atoms with van der Waals surface area (Å²) in [6.07, 6.45) is 1.43. The van der Waals surface area contributed by atoms with Gasteiger partial charge in [0.15, 0.2) is 5.49 Å². The van der Waals surface area contributed by atoms with E-state index < -0.39 is 6.10 Å². The van der Waals surface area contributed by atoms with E-state index in [1.54, 1.807) is 12.3 Å². The van der Waals surface area contributed by atoms with Crippen LogP contribution in [0.1, 0.15) is 12.5 Å². The molecule has 0 spiro atoms. The summed E-state index contributed by atoms with van der Waals surface area (Å²) in [5.74, 6) is -0.133. The zero-order valence-corrected chi connectivity index (χ0v) is 9.80. The van der Waals surface area contributed by atoms with Gasteiger partial charge in [0.25, 0.3) is 6.01 Å². The highest BCUT2D eigenvalue weighted by atomic mass is 35.5. The fraction of sp³-hybridized carbons (Fsp3) is 0.600. The van der Waals surface area contributed by atoms with Crippen molar-refractivity contribution in [2.24, 2.45) is 5.92 Å². The van der Waals surface area contributed by atoms with Crippen molar-refractivity contribution in [3.05, 3.63) is 17.8 Å². The molecule has 17 heavy (non-hydrogen) atoms. The largest absolute Gasteiger partial charge is 0.456 e. The van der Waals surface area contributed by atoms with Crippen molar-refractivity contribution in [2.75, 3.05) is 6.61 Å². The predicted molar refractivity (Wildman–Crippen MR) is 60.0 cm³/mol. The van der Waals surface area contributed by atoms with Gasteiger partial charge in [-0.1, -0.05) is 0 Å². The van der Waals surface area contributed by atoms with Gasteiger partial charge >= 0.3 is 0 Å². The molecule has 94 valence electrons. The fourth-order valence-corrected chi connectivity index (χ4v) is 2.56. The van der Waals surface area contributed by atoms with E-state index >= 15 is 0 Å². The van der Waals surface area contributed by atoms with E-state index in [4.69, 9.17) is 15.3 Å². The van der Waals surface area contributed by atoms with Gasteiger partial charge in [0.1, 0.15) is 6.10 Å². The number of ether oxygens (including phenoxy) is 1.